The van der Waals surface area contributed by atoms with Crippen LogP contribution in [0.25, 0.3) is 16.9 Å². The van der Waals surface area contributed by atoms with Gasteiger partial charge < -0.3 is 14.2 Å². The highest BCUT2D eigenvalue weighted by Crippen LogP contribution is 2.35. The standard InChI is InChI=1S/C28H26N4O5S/c33-38(34,31-12-14-35-15-13-31)25-9-7-23(8-10-25)29-19-22-20-32(24-4-2-1-3-5-24)30-28(22)21-6-11-26-27(18-21)37-17-16-36-26/h1-11,18-20H,12-17H2. The van der Waals surface area contributed by atoms with Gasteiger partial charge in [0.2, 0.25) is 10.0 Å². The fraction of sp³-hybridized carbons (Fsp3) is 0.214. The van der Waals surface area contributed by atoms with Crippen LogP contribution in [0.2, 0.25) is 0 Å². The lowest BCUT2D eigenvalue weighted by Gasteiger charge is -2.26. The van der Waals surface area contributed by atoms with E-state index in [1.807, 2.05) is 59.4 Å². The molecule has 6 rings (SSSR count). The average molecular weight is 531 g/mol. The minimum absolute atomic E-state index is 0.243. The van der Waals surface area contributed by atoms with Gasteiger partial charge in [-0.25, -0.2) is 13.1 Å². The maximum Gasteiger partial charge on any atom is 0.243 e. The van der Waals surface area contributed by atoms with Gasteiger partial charge in [-0.1, -0.05) is 18.2 Å². The van der Waals surface area contributed by atoms with Crippen molar-refractivity contribution in [3.63, 3.8) is 0 Å². The van der Waals surface area contributed by atoms with E-state index in [9.17, 15) is 8.42 Å². The van der Waals surface area contributed by atoms with Crippen molar-refractivity contribution in [2.24, 2.45) is 4.99 Å². The molecule has 3 heterocycles. The molecule has 2 aliphatic heterocycles. The first-order chi connectivity index (χ1) is 18.6. The molecule has 0 amide bonds. The molecule has 3 aromatic carbocycles. The number of ether oxygens (including phenoxy) is 3. The Labute approximate surface area is 221 Å². The number of fused-ring (bicyclic) bond motifs is 1. The Morgan fingerprint density at radius 2 is 1.58 bits per heavy atom. The summed E-state index contributed by atoms with van der Waals surface area (Å²) in [6, 6.07) is 22.2. The molecule has 1 fully saturated rings. The number of hydrogen-bond donors (Lipinski definition) is 0. The molecule has 1 aromatic heterocycles. The van der Waals surface area contributed by atoms with Crippen LogP contribution in [-0.2, 0) is 14.8 Å². The topological polar surface area (TPSA) is 95.2 Å². The minimum atomic E-state index is -3.56. The molecule has 10 heteroatoms. The Bertz CT molecular complexity index is 1560. The number of para-hydroxylation sites is 1. The summed E-state index contributed by atoms with van der Waals surface area (Å²) < 4.78 is 45.8. The zero-order valence-corrected chi connectivity index (χ0v) is 21.4. The van der Waals surface area contributed by atoms with Crippen molar-refractivity contribution in [1.29, 1.82) is 0 Å². The average Bonchev–Trinajstić information content (AvgIpc) is 3.41. The summed E-state index contributed by atoms with van der Waals surface area (Å²) in [5.74, 6) is 1.40. The van der Waals surface area contributed by atoms with E-state index in [0.717, 1.165) is 22.5 Å². The second-order valence-electron chi connectivity index (χ2n) is 8.84. The van der Waals surface area contributed by atoms with Crippen LogP contribution in [0.5, 0.6) is 11.5 Å². The van der Waals surface area contributed by atoms with E-state index in [1.165, 1.54) is 4.31 Å². The molecule has 0 radical (unpaired) electrons. The summed E-state index contributed by atoms with van der Waals surface area (Å²) in [5, 5.41) is 4.84. The number of sulfonamides is 1. The van der Waals surface area contributed by atoms with Crippen LogP contribution in [-0.4, -0.2) is 68.2 Å². The third-order valence-corrected chi connectivity index (χ3v) is 8.29. The second-order valence-corrected chi connectivity index (χ2v) is 10.8. The monoisotopic (exact) mass is 530 g/mol. The first-order valence-electron chi connectivity index (χ1n) is 12.4. The number of aliphatic imine (C=N–C) groups is 1. The second kappa shape index (κ2) is 10.4. The van der Waals surface area contributed by atoms with Gasteiger partial charge in [0, 0.05) is 36.6 Å². The fourth-order valence-electron chi connectivity index (χ4n) is 4.39. The maximum atomic E-state index is 12.9. The molecule has 0 saturated carbocycles. The number of rotatable bonds is 6. The van der Waals surface area contributed by atoms with Gasteiger partial charge in [0.05, 0.1) is 29.5 Å². The lowest BCUT2D eigenvalue weighted by molar-refractivity contribution is 0.0730. The highest BCUT2D eigenvalue weighted by molar-refractivity contribution is 7.89. The van der Waals surface area contributed by atoms with Crippen LogP contribution in [0, 0.1) is 0 Å². The maximum absolute atomic E-state index is 12.9. The molecule has 0 bridgehead atoms. The van der Waals surface area contributed by atoms with E-state index in [2.05, 4.69) is 4.99 Å². The van der Waals surface area contributed by atoms with Crippen LogP contribution < -0.4 is 9.47 Å². The number of morpholine rings is 1. The summed E-state index contributed by atoms with van der Waals surface area (Å²) in [6.45, 7) is 2.56. The van der Waals surface area contributed by atoms with Crippen molar-refractivity contribution < 1.29 is 22.6 Å². The molecule has 1 saturated heterocycles. The van der Waals surface area contributed by atoms with E-state index < -0.39 is 10.0 Å². The zero-order chi connectivity index (χ0) is 26.0. The Kier molecular flexibility index (Phi) is 6.67. The Hall–Kier alpha value is -3.99. The van der Waals surface area contributed by atoms with Crippen LogP contribution in [0.15, 0.2) is 88.9 Å². The first-order valence-corrected chi connectivity index (χ1v) is 13.8. The first kappa shape index (κ1) is 24.4. The van der Waals surface area contributed by atoms with E-state index in [0.29, 0.717) is 56.7 Å². The zero-order valence-electron chi connectivity index (χ0n) is 20.6. The predicted octanol–water partition coefficient (Wildman–Crippen LogP) is 4.08. The summed E-state index contributed by atoms with van der Waals surface area (Å²) in [6.07, 6.45) is 3.66. The Morgan fingerprint density at radius 1 is 0.842 bits per heavy atom. The molecule has 0 N–H and O–H groups in total. The lowest BCUT2D eigenvalue weighted by Crippen LogP contribution is -2.40. The number of aromatic nitrogens is 2. The number of benzene rings is 3. The highest BCUT2D eigenvalue weighted by Gasteiger charge is 2.26. The van der Waals surface area contributed by atoms with Gasteiger partial charge in [-0.05, 0) is 54.6 Å². The smallest absolute Gasteiger partial charge is 0.243 e. The van der Waals surface area contributed by atoms with Crippen molar-refractivity contribution in [2.45, 2.75) is 4.90 Å². The van der Waals surface area contributed by atoms with E-state index in [1.54, 1.807) is 30.5 Å². The molecule has 194 valence electrons. The Morgan fingerprint density at radius 3 is 2.34 bits per heavy atom. The summed E-state index contributed by atoms with van der Waals surface area (Å²) in [7, 11) is -3.56. The van der Waals surface area contributed by atoms with Gasteiger partial charge in [-0.15, -0.1) is 0 Å². The molecule has 0 unspecified atom stereocenters. The number of nitrogens with zero attached hydrogens (tertiary/aromatic N) is 4. The van der Waals surface area contributed by atoms with Crippen LogP contribution >= 0.6 is 0 Å². The van der Waals surface area contributed by atoms with Crippen molar-refractivity contribution >= 4 is 21.9 Å². The summed E-state index contributed by atoms with van der Waals surface area (Å²) in [5.41, 5.74) is 3.96. The lowest BCUT2D eigenvalue weighted by atomic mass is 10.1. The molecule has 9 nitrogen and oxygen atoms in total. The van der Waals surface area contributed by atoms with E-state index >= 15 is 0 Å². The van der Waals surface area contributed by atoms with E-state index in [-0.39, 0.29) is 4.90 Å². The highest BCUT2D eigenvalue weighted by atomic mass is 32.2. The van der Waals surface area contributed by atoms with Gasteiger partial charge in [-0.3, -0.25) is 4.99 Å². The summed E-state index contributed by atoms with van der Waals surface area (Å²) in [4.78, 5) is 4.87. The SMILES string of the molecule is O=S(=O)(c1ccc(N=Cc2cn(-c3ccccc3)nc2-c2ccc3c(c2)OCCO3)cc1)N1CCOCC1. The normalized spacial score (nSPS) is 16.1. The minimum Gasteiger partial charge on any atom is -0.486 e. The molecule has 0 spiro atoms. The van der Waals surface area contributed by atoms with Crippen molar-refractivity contribution in [3.05, 3.63) is 84.6 Å². The van der Waals surface area contributed by atoms with Crippen molar-refractivity contribution in [2.75, 3.05) is 39.5 Å². The Balaban J connectivity index is 1.31. The van der Waals surface area contributed by atoms with Crippen molar-refractivity contribution in [3.8, 4) is 28.4 Å². The van der Waals surface area contributed by atoms with Gasteiger partial charge in [0.15, 0.2) is 11.5 Å². The molecular weight excluding hydrogens is 504 g/mol. The third kappa shape index (κ3) is 4.93. The molecule has 4 aromatic rings. The van der Waals surface area contributed by atoms with Gasteiger partial charge >= 0.3 is 0 Å². The predicted molar refractivity (Wildman–Crippen MR) is 143 cm³/mol. The molecule has 0 atom stereocenters. The molecular formula is C28H26N4O5S. The summed E-state index contributed by atoms with van der Waals surface area (Å²) >= 11 is 0. The largest absolute Gasteiger partial charge is 0.486 e. The molecule has 2 aliphatic rings. The van der Waals surface area contributed by atoms with Crippen molar-refractivity contribution in [1.82, 2.24) is 14.1 Å². The fourth-order valence-corrected chi connectivity index (χ4v) is 5.80. The van der Waals surface area contributed by atoms with Crippen LogP contribution in [0.4, 0.5) is 5.69 Å². The number of hydrogen-bond acceptors (Lipinski definition) is 7. The van der Waals surface area contributed by atoms with Gasteiger partial charge in [0.25, 0.3) is 0 Å². The van der Waals surface area contributed by atoms with Crippen LogP contribution in [0.1, 0.15) is 5.56 Å². The van der Waals surface area contributed by atoms with Gasteiger partial charge in [-0.2, -0.15) is 9.40 Å². The third-order valence-electron chi connectivity index (χ3n) is 6.38. The molecule has 0 aliphatic carbocycles. The molecule has 38 heavy (non-hydrogen) atoms. The van der Waals surface area contributed by atoms with E-state index in [4.69, 9.17) is 19.3 Å². The quantitative estimate of drug-likeness (QED) is 0.349. The van der Waals surface area contributed by atoms with Gasteiger partial charge in [0.1, 0.15) is 18.9 Å². The van der Waals surface area contributed by atoms with Crippen LogP contribution in [0.3, 0.4) is 0 Å².